The number of Topliss-reactive ketones (excluding diaryl/α,β-unsaturated/α-hetero) is 1. The fourth-order valence-corrected chi connectivity index (χ4v) is 5.42. The van der Waals surface area contributed by atoms with Crippen LogP contribution in [0.2, 0.25) is 0 Å². The van der Waals surface area contributed by atoms with E-state index in [1.165, 1.54) is 19.3 Å². The van der Waals surface area contributed by atoms with E-state index in [0.717, 1.165) is 24.2 Å². The van der Waals surface area contributed by atoms with Gasteiger partial charge < -0.3 is 0 Å². The van der Waals surface area contributed by atoms with E-state index in [9.17, 15) is 4.79 Å². The van der Waals surface area contributed by atoms with Crippen LogP contribution in [-0.2, 0) is 4.79 Å². The first-order chi connectivity index (χ1) is 7.36. The number of carbonyl (C=O) groups excluding carboxylic acids is 1. The van der Waals surface area contributed by atoms with Gasteiger partial charge in [0.05, 0.1) is 0 Å². The number of hydrogen-bond donors (Lipinski definition) is 0. The normalized spacial score (nSPS) is 55.1. The third-order valence-corrected chi connectivity index (χ3v) is 6.08. The second-order valence-electron chi connectivity index (χ2n) is 7.61. The Morgan fingerprint density at radius 3 is 2.50 bits per heavy atom. The molecule has 0 aliphatic heterocycles. The Morgan fingerprint density at radius 2 is 1.94 bits per heavy atom. The third kappa shape index (κ3) is 1.15. The third-order valence-electron chi connectivity index (χ3n) is 6.08. The van der Waals surface area contributed by atoms with E-state index in [2.05, 4.69) is 27.7 Å². The molecule has 5 atom stereocenters. The Bertz CT molecular complexity index is 345. The van der Waals surface area contributed by atoms with Crippen molar-refractivity contribution in [3.63, 3.8) is 0 Å². The molecule has 4 aliphatic rings. The molecular formula is C15H24O. The van der Waals surface area contributed by atoms with E-state index >= 15 is 0 Å². The first kappa shape index (κ1) is 10.8. The molecule has 0 aromatic heterocycles. The topological polar surface area (TPSA) is 17.1 Å². The molecule has 0 amide bonds. The van der Waals surface area contributed by atoms with Crippen molar-refractivity contribution in [3.05, 3.63) is 0 Å². The van der Waals surface area contributed by atoms with Crippen LogP contribution in [0.5, 0.6) is 0 Å². The van der Waals surface area contributed by atoms with Crippen LogP contribution in [0.1, 0.15) is 53.4 Å². The lowest BCUT2D eigenvalue weighted by atomic mass is 9.50. The minimum absolute atomic E-state index is 0.0395. The summed E-state index contributed by atoms with van der Waals surface area (Å²) in [7, 11) is 0. The Balaban J connectivity index is 2.00. The molecular weight excluding hydrogens is 196 g/mol. The standard InChI is InChI=1S/C15H24O/c1-9(2)10-6-14(3)8-15(4)7-11(10)12(14)5-13(15)16/h9-12H,5-8H2,1-4H3/t10?,11-,12+,14+,15-/m0/s1. The smallest absolute Gasteiger partial charge is 0.139 e. The maximum absolute atomic E-state index is 12.1. The summed E-state index contributed by atoms with van der Waals surface area (Å²) in [5, 5.41) is 0. The van der Waals surface area contributed by atoms with Gasteiger partial charge in [-0.25, -0.2) is 0 Å². The van der Waals surface area contributed by atoms with Crippen LogP contribution in [0.4, 0.5) is 0 Å². The first-order valence-corrected chi connectivity index (χ1v) is 6.89. The van der Waals surface area contributed by atoms with Gasteiger partial charge in [0.2, 0.25) is 0 Å². The highest BCUT2D eigenvalue weighted by Crippen LogP contribution is 2.69. The van der Waals surface area contributed by atoms with Gasteiger partial charge in [0, 0.05) is 11.8 Å². The SMILES string of the molecule is CC(C)C1C[C@]2(C)C[C@]3(C)C[C@@H]1[C@H]2CC3=O. The Labute approximate surface area is 99.0 Å². The molecule has 4 rings (SSSR count). The van der Waals surface area contributed by atoms with Gasteiger partial charge in [0.15, 0.2) is 0 Å². The number of hydrogen-bond acceptors (Lipinski definition) is 1. The van der Waals surface area contributed by atoms with Crippen LogP contribution in [0.3, 0.4) is 0 Å². The van der Waals surface area contributed by atoms with Crippen molar-refractivity contribution in [2.24, 2.45) is 34.5 Å². The molecule has 4 saturated carbocycles. The van der Waals surface area contributed by atoms with Crippen molar-refractivity contribution < 1.29 is 4.79 Å². The van der Waals surface area contributed by atoms with Crippen LogP contribution < -0.4 is 0 Å². The van der Waals surface area contributed by atoms with Crippen molar-refractivity contribution in [1.82, 2.24) is 0 Å². The Hall–Kier alpha value is -0.330. The van der Waals surface area contributed by atoms with Crippen molar-refractivity contribution in [3.8, 4) is 0 Å². The zero-order valence-corrected chi connectivity index (χ0v) is 11.0. The second kappa shape index (κ2) is 2.91. The molecule has 0 heterocycles. The number of fused-ring (bicyclic) bond motifs is 1. The number of ketones is 1. The van der Waals surface area contributed by atoms with E-state index in [0.29, 0.717) is 17.1 Å². The van der Waals surface area contributed by atoms with E-state index < -0.39 is 0 Å². The van der Waals surface area contributed by atoms with E-state index in [1.807, 2.05) is 0 Å². The van der Waals surface area contributed by atoms with Gasteiger partial charge in [-0.1, -0.05) is 27.7 Å². The highest BCUT2D eigenvalue weighted by molar-refractivity contribution is 5.87. The summed E-state index contributed by atoms with van der Waals surface area (Å²) in [5.74, 6) is 3.81. The van der Waals surface area contributed by atoms with Crippen LogP contribution >= 0.6 is 0 Å². The lowest BCUT2D eigenvalue weighted by molar-refractivity contribution is -0.147. The molecule has 0 spiro atoms. The van der Waals surface area contributed by atoms with Gasteiger partial charge in [-0.3, -0.25) is 4.79 Å². The minimum atomic E-state index is 0.0395. The summed E-state index contributed by atoms with van der Waals surface area (Å²) in [6, 6.07) is 0. The molecule has 1 nitrogen and oxygen atoms in total. The van der Waals surface area contributed by atoms with Crippen LogP contribution in [0.25, 0.3) is 0 Å². The summed E-state index contributed by atoms with van der Waals surface area (Å²) >= 11 is 0. The fraction of sp³-hybridized carbons (Fsp3) is 0.933. The van der Waals surface area contributed by atoms with Gasteiger partial charge in [-0.2, -0.15) is 0 Å². The molecule has 1 heteroatoms. The quantitative estimate of drug-likeness (QED) is 0.659. The van der Waals surface area contributed by atoms with E-state index in [4.69, 9.17) is 0 Å². The maximum Gasteiger partial charge on any atom is 0.139 e. The summed E-state index contributed by atoms with van der Waals surface area (Å²) in [6.45, 7) is 9.43. The predicted molar refractivity (Wildman–Crippen MR) is 65.0 cm³/mol. The zero-order valence-electron chi connectivity index (χ0n) is 11.0. The largest absolute Gasteiger partial charge is 0.299 e. The Kier molecular flexibility index (Phi) is 1.97. The monoisotopic (exact) mass is 220 g/mol. The van der Waals surface area contributed by atoms with Crippen LogP contribution in [0, 0.1) is 34.5 Å². The minimum Gasteiger partial charge on any atom is -0.299 e. The zero-order chi connectivity index (χ0) is 11.7. The van der Waals surface area contributed by atoms with Crippen LogP contribution in [-0.4, -0.2) is 5.78 Å². The van der Waals surface area contributed by atoms with Gasteiger partial charge >= 0.3 is 0 Å². The van der Waals surface area contributed by atoms with Gasteiger partial charge in [-0.15, -0.1) is 0 Å². The maximum atomic E-state index is 12.1. The number of carbonyl (C=O) groups is 1. The van der Waals surface area contributed by atoms with E-state index in [1.54, 1.807) is 0 Å². The molecule has 4 aliphatic carbocycles. The molecule has 90 valence electrons. The molecule has 0 aromatic rings. The van der Waals surface area contributed by atoms with Gasteiger partial charge in [0.1, 0.15) is 5.78 Å². The summed E-state index contributed by atoms with van der Waals surface area (Å²) in [6.07, 6.45) is 4.63. The lowest BCUT2D eigenvalue weighted by Gasteiger charge is -2.53. The molecule has 0 radical (unpaired) electrons. The first-order valence-electron chi connectivity index (χ1n) is 6.89. The molecule has 0 N–H and O–H groups in total. The molecule has 4 fully saturated rings. The summed E-state index contributed by atoms with van der Waals surface area (Å²) < 4.78 is 0. The number of rotatable bonds is 1. The second-order valence-corrected chi connectivity index (χ2v) is 7.61. The van der Waals surface area contributed by atoms with Crippen molar-refractivity contribution in [2.75, 3.05) is 0 Å². The van der Waals surface area contributed by atoms with Crippen molar-refractivity contribution >= 4 is 5.78 Å². The van der Waals surface area contributed by atoms with Crippen molar-refractivity contribution in [2.45, 2.75) is 53.4 Å². The van der Waals surface area contributed by atoms with Gasteiger partial charge in [-0.05, 0) is 48.3 Å². The molecule has 1 unspecified atom stereocenters. The summed E-state index contributed by atoms with van der Waals surface area (Å²) in [4.78, 5) is 12.1. The Morgan fingerprint density at radius 1 is 1.25 bits per heavy atom. The molecule has 16 heavy (non-hydrogen) atoms. The predicted octanol–water partition coefficient (Wildman–Crippen LogP) is 3.67. The summed E-state index contributed by atoms with van der Waals surface area (Å²) in [5.41, 5.74) is 0.526. The lowest BCUT2D eigenvalue weighted by Crippen LogP contribution is -2.51. The highest BCUT2D eigenvalue weighted by atomic mass is 16.1. The molecule has 4 bridgehead atoms. The molecule has 0 saturated heterocycles. The average Bonchev–Trinajstić information content (AvgIpc) is 2.37. The fourth-order valence-electron chi connectivity index (χ4n) is 5.42. The van der Waals surface area contributed by atoms with Crippen LogP contribution in [0.15, 0.2) is 0 Å². The highest BCUT2D eigenvalue weighted by Gasteiger charge is 2.64. The molecule has 0 aromatic carbocycles. The van der Waals surface area contributed by atoms with Crippen molar-refractivity contribution in [1.29, 1.82) is 0 Å². The van der Waals surface area contributed by atoms with E-state index in [-0.39, 0.29) is 5.41 Å². The van der Waals surface area contributed by atoms with Gasteiger partial charge in [0.25, 0.3) is 0 Å². The average molecular weight is 220 g/mol.